The molecule has 0 radical (unpaired) electrons. The number of ether oxygens (including phenoxy) is 1. The van der Waals surface area contributed by atoms with Crippen molar-refractivity contribution in [3.8, 4) is 5.75 Å². The van der Waals surface area contributed by atoms with E-state index in [0.29, 0.717) is 36.6 Å². The average molecular weight is 583 g/mol. The predicted octanol–water partition coefficient (Wildman–Crippen LogP) is 3.15. The Hall–Kier alpha value is -3.97. The number of amides is 1. The molecule has 220 valence electrons. The SMILES string of the molecule is COc1cc(N2CCN(C(=O)CCN(C)C)CC2)ccc1Nc1ncnc(Nc2ccccc2S(=O)(=O)C(C)C)n1. The summed E-state index contributed by atoms with van der Waals surface area (Å²) >= 11 is 0. The number of methoxy groups -OCH3 is 1. The topological polar surface area (TPSA) is 133 Å². The van der Waals surface area contributed by atoms with Crippen LogP contribution in [-0.2, 0) is 14.6 Å². The van der Waals surface area contributed by atoms with Gasteiger partial charge in [-0.25, -0.2) is 18.4 Å². The highest BCUT2D eigenvalue weighted by Crippen LogP contribution is 2.32. The Balaban J connectivity index is 1.44. The van der Waals surface area contributed by atoms with Crippen molar-refractivity contribution in [2.24, 2.45) is 0 Å². The third-order valence-corrected chi connectivity index (χ3v) is 9.04. The van der Waals surface area contributed by atoms with Gasteiger partial charge in [-0.1, -0.05) is 12.1 Å². The number of rotatable bonds is 11. The predicted molar refractivity (Wildman–Crippen MR) is 160 cm³/mol. The molecular formula is C28H38N8O4S. The Morgan fingerprint density at radius 1 is 1.00 bits per heavy atom. The molecule has 1 fully saturated rings. The zero-order valence-electron chi connectivity index (χ0n) is 24.2. The number of carbonyl (C=O) groups is 1. The van der Waals surface area contributed by atoms with Crippen LogP contribution in [0.5, 0.6) is 5.75 Å². The molecule has 13 heteroatoms. The number of nitrogens with zero attached hydrogens (tertiary/aromatic N) is 6. The van der Waals surface area contributed by atoms with Crippen molar-refractivity contribution in [2.45, 2.75) is 30.4 Å². The van der Waals surface area contributed by atoms with Crippen molar-refractivity contribution in [3.05, 3.63) is 48.8 Å². The van der Waals surface area contributed by atoms with Gasteiger partial charge in [0.05, 0.1) is 28.6 Å². The van der Waals surface area contributed by atoms with Crippen LogP contribution in [0.15, 0.2) is 53.7 Å². The van der Waals surface area contributed by atoms with Gasteiger partial charge < -0.3 is 30.1 Å². The Morgan fingerprint density at radius 3 is 2.29 bits per heavy atom. The van der Waals surface area contributed by atoms with E-state index in [0.717, 1.165) is 25.3 Å². The summed E-state index contributed by atoms with van der Waals surface area (Å²) in [6.45, 7) is 6.86. The second-order valence-electron chi connectivity index (χ2n) is 10.3. The van der Waals surface area contributed by atoms with E-state index in [1.807, 2.05) is 42.1 Å². The fourth-order valence-electron chi connectivity index (χ4n) is 4.40. The first kappa shape index (κ1) is 30.0. The number of hydrogen-bond donors (Lipinski definition) is 2. The highest BCUT2D eigenvalue weighted by Gasteiger charge is 2.24. The van der Waals surface area contributed by atoms with Crippen molar-refractivity contribution >= 4 is 44.7 Å². The van der Waals surface area contributed by atoms with Gasteiger partial charge in [0.1, 0.15) is 12.1 Å². The van der Waals surface area contributed by atoms with Crippen LogP contribution in [0.2, 0.25) is 0 Å². The van der Waals surface area contributed by atoms with Gasteiger partial charge in [-0.05, 0) is 52.2 Å². The highest BCUT2D eigenvalue weighted by atomic mass is 32.2. The Labute approximate surface area is 241 Å². The summed E-state index contributed by atoms with van der Waals surface area (Å²) in [6, 6.07) is 12.5. The number of benzene rings is 2. The third-order valence-electron chi connectivity index (χ3n) is 6.83. The molecule has 1 aliphatic rings. The molecule has 0 unspecified atom stereocenters. The van der Waals surface area contributed by atoms with E-state index in [-0.39, 0.29) is 22.7 Å². The molecule has 12 nitrogen and oxygen atoms in total. The van der Waals surface area contributed by atoms with Gasteiger partial charge in [-0.15, -0.1) is 0 Å². The molecule has 2 aromatic carbocycles. The first-order chi connectivity index (χ1) is 19.6. The number of hydrogen-bond acceptors (Lipinski definition) is 11. The lowest BCUT2D eigenvalue weighted by Gasteiger charge is -2.36. The number of sulfone groups is 1. The maximum atomic E-state index is 12.8. The summed E-state index contributed by atoms with van der Waals surface area (Å²) in [6.07, 6.45) is 1.87. The lowest BCUT2D eigenvalue weighted by molar-refractivity contribution is -0.131. The molecule has 0 atom stereocenters. The Bertz CT molecular complexity index is 1460. The van der Waals surface area contributed by atoms with Crippen molar-refractivity contribution in [1.29, 1.82) is 0 Å². The molecule has 0 spiro atoms. The van der Waals surface area contributed by atoms with Crippen LogP contribution in [0.1, 0.15) is 20.3 Å². The van der Waals surface area contributed by atoms with Crippen LogP contribution in [0.4, 0.5) is 29.0 Å². The summed E-state index contributed by atoms with van der Waals surface area (Å²) < 4.78 is 31.3. The molecule has 1 aromatic heterocycles. The minimum atomic E-state index is -3.51. The first-order valence-corrected chi connectivity index (χ1v) is 15.0. The van der Waals surface area contributed by atoms with Gasteiger partial charge in [0.25, 0.3) is 0 Å². The number of anilines is 5. The Kier molecular flexibility index (Phi) is 9.61. The minimum Gasteiger partial charge on any atom is -0.494 e. The van der Waals surface area contributed by atoms with Gasteiger partial charge in [0.15, 0.2) is 9.84 Å². The molecule has 1 aliphatic heterocycles. The van der Waals surface area contributed by atoms with Gasteiger partial charge >= 0.3 is 0 Å². The van der Waals surface area contributed by atoms with Crippen LogP contribution in [-0.4, -0.2) is 98.3 Å². The lowest BCUT2D eigenvalue weighted by atomic mass is 10.2. The minimum absolute atomic E-state index is 0.181. The number of aromatic nitrogens is 3. The van der Waals surface area contributed by atoms with Crippen molar-refractivity contribution < 1.29 is 17.9 Å². The molecule has 41 heavy (non-hydrogen) atoms. The highest BCUT2D eigenvalue weighted by molar-refractivity contribution is 7.92. The summed E-state index contributed by atoms with van der Waals surface area (Å²) in [5.41, 5.74) is 2.04. The van der Waals surface area contributed by atoms with E-state index in [2.05, 4.69) is 30.5 Å². The smallest absolute Gasteiger partial charge is 0.232 e. The van der Waals surface area contributed by atoms with E-state index < -0.39 is 15.1 Å². The van der Waals surface area contributed by atoms with Crippen molar-refractivity contribution in [3.63, 3.8) is 0 Å². The summed E-state index contributed by atoms with van der Waals surface area (Å²) in [5, 5.41) is 5.61. The second kappa shape index (κ2) is 13.1. The standard InChI is InChI=1S/C28H38N8O4S/c1-20(2)41(38,39)25-9-7-6-8-23(25)32-28-30-19-29-27(33-28)31-22-11-10-21(18-24(22)40-5)35-14-16-36(17-15-35)26(37)12-13-34(3)4/h6-11,18-20H,12-17H2,1-5H3,(H2,29,30,31,32,33). The van der Waals surface area contributed by atoms with Crippen molar-refractivity contribution in [1.82, 2.24) is 24.8 Å². The maximum absolute atomic E-state index is 12.8. The molecular weight excluding hydrogens is 544 g/mol. The second-order valence-corrected chi connectivity index (χ2v) is 12.8. The number of carbonyl (C=O) groups excluding carboxylic acids is 1. The first-order valence-electron chi connectivity index (χ1n) is 13.5. The summed E-state index contributed by atoms with van der Waals surface area (Å²) in [5.74, 6) is 1.26. The molecule has 1 saturated heterocycles. The summed E-state index contributed by atoms with van der Waals surface area (Å²) in [7, 11) is 2.02. The molecule has 2 N–H and O–H groups in total. The monoisotopic (exact) mass is 582 g/mol. The van der Waals surface area contributed by atoms with E-state index >= 15 is 0 Å². The zero-order chi connectivity index (χ0) is 29.6. The van der Waals surface area contributed by atoms with E-state index in [1.54, 1.807) is 45.2 Å². The maximum Gasteiger partial charge on any atom is 0.232 e. The fourth-order valence-corrected chi connectivity index (χ4v) is 5.60. The van der Waals surface area contributed by atoms with E-state index in [1.165, 1.54) is 6.33 Å². The molecule has 0 aliphatic carbocycles. The normalized spacial score (nSPS) is 13.9. The van der Waals surface area contributed by atoms with Crippen LogP contribution in [0.25, 0.3) is 0 Å². The summed E-state index contributed by atoms with van der Waals surface area (Å²) in [4.78, 5) is 31.6. The Morgan fingerprint density at radius 2 is 1.66 bits per heavy atom. The number of para-hydroxylation sites is 1. The van der Waals surface area contributed by atoms with E-state index in [4.69, 9.17) is 4.74 Å². The quantitative estimate of drug-likeness (QED) is 0.345. The van der Waals surface area contributed by atoms with Crippen LogP contribution in [0.3, 0.4) is 0 Å². The van der Waals surface area contributed by atoms with Gasteiger partial charge in [-0.2, -0.15) is 4.98 Å². The largest absolute Gasteiger partial charge is 0.494 e. The molecule has 1 amide bonds. The average Bonchev–Trinajstić information content (AvgIpc) is 2.96. The number of piperazine rings is 1. The van der Waals surface area contributed by atoms with Gasteiger partial charge in [0.2, 0.25) is 17.8 Å². The fraction of sp³-hybridized carbons (Fsp3) is 0.429. The lowest BCUT2D eigenvalue weighted by Crippen LogP contribution is -2.49. The van der Waals surface area contributed by atoms with E-state index in [9.17, 15) is 13.2 Å². The molecule has 2 heterocycles. The van der Waals surface area contributed by atoms with Crippen LogP contribution >= 0.6 is 0 Å². The molecule has 3 aromatic rings. The zero-order valence-corrected chi connectivity index (χ0v) is 25.0. The van der Waals surface area contributed by atoms with Crippen LogP contribution < -0.4 is 20.3 Å². The van der Waals surface area contributed by atoms with Gasteiger partial charge in [-0.3, -0.25) is 4.79 Å². The van der Waals surface area contributed by atoms with Crippen molar-refractivity contribution in [2.75, 3.05) is 69.5 Å². The molecule has 0 saturated carbocycles. The molecule has 4 rings (SSSR count). The number of nitrogens with one attached hydrogen (secondary N) is 2. The van der Waals surface area contributed by atoms with Crippen LogP contribution in [0, 0.1) is 0 Å². The van der Waals surface area contributed by atoms with Gasteiger partial charge in [0, 0.05) is 50.9 Å². The molecule has 0 bridgehead atoms. The third kappa shape index (κ3) is 7.41.